The largest absolute Gasteiger partial charge is 0.351 e. The number of ether oxygens (including phenoxy) is 2. The lowest BCUT2D eigenvalue weighted by atomic mass is 9.87. The quantitative estimate of drug-likeness (QED) is 0.269. The number of carbonyl (C=O) groups is 3. The topological polar surface area (TPSA) is 109 Å². The monoisotopic (exact) mass is 564 g/mol. The summed E-state index contributed by atoms with van der Waals surface area (Å²) in [6.45, 7) is 6.49. The van der Waals surface area contributed by atoms with Gasteiger partial charge in [-0.1, -0.05) is 47.5 Å². The first-order valence-electron chi connectivity index (χ1n) is 13.1. The van der Waals surface area contributed by atoms with Gasteiger partial charge in [0, 0.05) is 35.2 Å². The molecule has 0 spiro atoms. The molecule has 4 rings (SSSR count). The van der Waals surface area contributed by atoms with Crippen molar-refractivity contribution in [2.75, 3.05) is 35.3 Å². The van der Waals surface area contributed by atoms with Gasteiger partial charge >= 0.3 is 6.03 Å². The Morgan fingerprint density at radius 3 is 2.15 bits per heavy atom. The van der Waals surface area contributed by atoms with Crippen LogP contribution in [-0.4, -0.2) is 43.9 Å². The summed E-state index contributed by atoms with van der Waals surface area (Å²) in [5.41, 5.74) is 1.47. The molecule has 3 aromatic carbocycles. The lowest BCUT2D eigenvalue weighted by molar-refractivity contribution is -0.138. The number of halogens is 1. The van der Waals surface area contributed by atoms with Crippen LogP contribution >= 0.6 is 11.6 Å². The van der Waals surface area contributed by atoms with E-state index in [0.29, 0.717) is 40.9 Å². The molecule has 1 heterocycles. The minimum absolute atomic E-state index is 0.0827. The average molecular weight is 565 g/mol. The normalized spacial score (nSPS) is 16.1. The van der Waals surface area contributed by atoms with E-state index in [1.54, 1.807) is 60.7 Å². The molecule has 1 unspecified atom stereocenters. The Bertz CT molecular complexity index is 1280. The Morgan fingerprint density at radius 1 is 0.900 bits per heavy atom. The van der Waals surface area contributed by atoms with Crippen LogP contribution in [0.4, 0.5) is 21.9 Å². The maximum Gasteiger partial charge on any atom is 0.320 e. The first-order chi connectivity index (χ1) is 19.3. The van der Waals surface area contributed by atoms with Crippen LogP contribution in [0, 0.1) is 6.92 Å². The highest BCUT2D eigenvalue weighted by molar-refractivity contribution is 6.30. The van der Waals surface area contributed by atoms with Crippen molar-refractivity contribution in [2.45, 2.75) is 39.0 Å². The average Bonchev–Trinajstić information content (AvgIpc) is 3.14. The summed E-state index contributed by atoms with van der Waals surface area (Å²) in [7, 11) is 0. The predicted octanol–water partition coefficient (Wildman–Crippen LogP) is 5.44. The highest BCUT2D eigenvalue weighted by atomic mass is 35.5. The summed E-state index contributed by atoms with van der Waals surface area (Å²) in [6, 6.07) is 20.3. The number of carbonyl (C=O) groups excluding carboxylic acids is 3. The van der Waals surface area contributed by atoms with Crippen molar-refractivity contribution >= 4 is 46.5 Å². The number of anilines is 3. The maximum atomic E-state index is 14.3. The molecule has 0 aromatic heterocycles. The Kier molecular flexibility index (Phi) is 9.42. The van der Waals surface area contributed by atoms with E-state index in [1.165, 1.54) is 4.90 Å². The number of aryl methyl sites for hydroxylation is 1. The van der Waals surface area contributed by atoms with E-state index in [-0.39, 0.29) is 13.0 Å². The molecule has 1 aliphatic heterocycles. The van der Waals surface area contributed by atoms with Crippen molar-refractivity contribution in [1.29, 1.82) is 0 Å². The Balaban J connectivity index is 1.69. The smallest absolute Gasteiger partial charge is 0.320 e. The molecule has 3 N–H and O–H groups in total. The molecular formula is C30H33ClN4O5. The minimum atomic E-state index is -1.69. The van der Waals surface area contributed by atoms with Crippen LogP contribution < -0.4 is 20.9 Å². The van der Waals surface area contributed by atoms with Crippen molar-refractivity contribution in [3.05, 3.63) is 88.9 Å². The molecule has 4 amide bonds. The van der Waals surface area contributed by atoms with Gasteiger partial charge in [-0.2, -0.15) is 0 Å². The fraction of sp³-hybridized carbons (Fsp3) is 0.300. The first kappa shape index (κ1) is 29.1. The van der Waals surface area contributed by atoms with Crippen LogP contribution in [-0.2, 0) is 24.6 Å². The second-order valence-electron chi connectivity index (χ2n) is 9.36. The van der Waals surface area contributed by atoms with Gasteiger partial charge in [0.1, 0.15) is 0 Å². The lowest BCUT2D eigenvalue weighted by Gasteiger charge is -2.30. The number of nitrogens with zero attached hydrogens (tertiary/aromatic N) is 1. The van der Waals surface area contributed by atoms with Crippen LogP contribution in [0.15, 0.2) is 72.8 Å². The Hall–Kier alpha value is -3.92. The molecule has 40 heavy (non-hydrogen) atoms. The summed E-state index contributed by atoms with van der Waals surface area (Å²) >= 11 is 5.97. The fourth-order valence-corrected chi connectivity index (χ4v) is 4.81. The molecule has 3 aromatic rings. The van der Waals surface area contributed by atoms with E-state index in [9.17, 15) is 14.4 Å². The third kappa shape index (κ3) is 6.62. The highest BCUT2D eigenvalue weighted by Gasteiger charge is 2.53. The Morgan fingerprint density at radius 2 is 1.50 bits per heavy atom. The van der Waals surface area contributed by atoms with Gasteiger partial charge in [0.15, 0.2) is 11.8 Å². The van der Waals surface area contributed by atoms with Crippen molar-refractivity contribution < 1.29 is 23.9 Å². The van der Waals surface area contributed by atoms with Gasteiger partial charge in [0.2, 0.25) is 5.91 Å². The second-order valence-corrected chi connectivity index (χ2v) is 9.79. The van der Waals surface area contributed by atoms with E-state index >= 15 is 0 Å². The van der Waals surface area contributed by atoms with Crippen molar-refractivity contribution in [2.24, 2.45) is 0 Å². The summed E-state index contributed by atoms with van der Waals surface area (Å²) in [5.74, 6) is -0.907. The number of hydrogen-bond acceptors (Lipinski definition) is 5. The van der Waals surface area contributed by atoms with Crippen molar-refractivity contribution in [3.63, 3.8) is 0 Å². The summed E-state index contributed by atoms with van der Waals surface area (Å²) < 4.78 is 11.4. The van der Waals surface area contributed by atoms with Gasteiger partial charge in [-0.15, -0.1) is 0 Å². The molecule has 0 bridgehead atoms. The van der Waals surface area contributed by atoms with Crippen molar-refractivity contribution in [3.8, 4) is 0 Å². The molecule has 0 aliphatic carbocycles. The number of amides is 4. The zero-order valence-corrected chi connectivity index (χ0v) is 23.5. The van der Waals surface area contributed by atoms with E-state index < -0.39 is 29.7 Å². The molecular weight excluding hydrogens is 532 g/mol. The molecule has 0 saturated carbocycles. The van der Waals surface area contributed by atoms with Gasteiger partial charge in [-0.05, 0) is 63.2 Å². The predicted molar refractivity (Wildman–Crippen MR) is 156 cm³/mol. The van der Waals surface area contributed by atoms with E-state index in [0.717, 1.165) is 5.56 Å². The molecule has 0 radical (unpaired) electrons. The highest BCUT2D eigenvalue weighted by Crippen LogP contribution is 2.43. The number of rotatable bonds is 11. The van der Waals surface area contributed by atoms with Crippen molar-refractivity contribution in [1.82, 2.24) is 5.32 Å². The first-order valence-corrected chi connectivity index (χ1v) is 13.5. The standard InChI is InChI=1S/C30H33ClN4O5/c1-4-39-27(40-5-2)19-35-25-9-7-6-8-24(25)30(28(35)37,18-26(36)32-22-14-10-20(3)11-15-22)34-29(38)33-23-16-12-21(31)13-17-23/h6-17,27H,4-5,18-19H2,1-3H3,(H,32,36)(H2,33,34,38). The third-order valence-electron chi connectivity index (χ3n) is 6.49. The number of urea groups is 1. The summed E-state index contributed by atoms with van der Waals surface area (Å²) in [6.07, 6.45) is -1.03. The molecule has 1 atom stereocenters. The molecule has 10 heteroatoms. The van der Waals surface area contributed by atoms with E-state index in [1.807, 2.05) is 32.9 Å². The summed E-state index contributed by atoms with van der Waals surface area (Å²) in [5, 5.41) is 8.94. The maximum absolute atomic E-state index is 14.3. The fourth-order valence-electron chi connectivity index (χ4n) is 4.69. The molecule has 1 aliphatic rings. The van der Waals surface area contributed by atoms with Gasteiger partial charge in [-0.3, -0.25) is 9.59 Å². The van der Waals surface area contributed by atoms with Gasteiger partial charge in [-0.25, -0.2) is 4.79 Å². The number of fused-ring (bicyclic) bond motifs is 1. The zero-order chi connectivity index (χ0) is 28.7. The molecule has 210 valence electrons. The van der Waals surface area contributed by atoms with Crippen LogP contribution in [0.25, 0.3) is 0 Å². The number of benzene rings is 3. The van der Waals surface area contributed by atoms with E-state index in [4.69, 9.17) is 21.1 Å². The molecule has 0 fully saturated rings. The second kappa shape index (κ2) is 13.0. The van der Waals surface area contributed by atoms with Crippen LogP contribution in [0.5, 0.6) is 0 Å². The number of nitrogens with one attached hydrogen (secondary N) is 3. The van der Waals surface area contributed by atoms with Gasteiger partial charge in [0.25, 0.3) is 5.91 Å². The minimum Gasteiger partial charge on any atom is -0.351 e. The summed E-state index contributed by atoms with van der Waals surface area (Å²) in [4.78, 5) is 42.5. The SMILES string of the molecule is CCOC(CN1C(=O)C(CC(=O)Nc2ccc(C)cc2)(NC(=O)Nc2ccc(Cl)cc2)c2ccccc21)OCC. The van der Waals surface area contributed by atoms with Gasteiger partial charge < -0.3 is 30.3 Å². The number of hydrogen-bond donors (Lipinski definition) is 3. The number of para-hydroxylation sites is 1. The third-order valence-corrected chi connectivity index (χ3v) is 6.74. The molecule has 0 saturated heterocycles. The van der Waals surface area contributed by atoms with Gasteiger partial charge in [0.05, 0.1) is 18.7 Å². The zero-order valence-electron chi connectivity index (χ0n) is 22.7. The molecule has 9 nitrogen and oxygen atoms in total. The van der Waals surface area contributed by atoms with Crippen LogP contribution in [0.3, 0.4) is 0 Å². The van der Waals surface area contributed by atoms with Crippen LogP contribution in [0.2, 0.25) is 5.02 Å². The lowest BCUT2D eigenvalue weighted by Crippen LogP contribution is -2.56. The van der Waals surface area contributed by atoms with Crippen LogP contribution in [0.1, 0.15) is 31.4 Å². The van der Waals surface area contributed by atoms with E-state index in [2.05, 4.69) is 16.0 Å². The Labute approximate surface area is 238 Å².